The van der Waals surface area contributed by atoms with Crippen molar-refractivity contribution in [2.45, 2.75) is 29.5 Å². The topological polar surface area (TPSA) is 58.6 Å². The van der Waals surface area contributed by atoms with Gasteiger partial charge >= 0.3 is 0 Å². The molecule has 1 unspecified atom stereocenters. The lowest BCUT2D eigenvalue weighted by Crippen LogP contribution is -2.53. The molecule has 4 rings (SSSR count). The molecule has 0 saturated carbocycles. The Morgan fingerprint density at radius 3 is 2.81 bits per heavy atom. The first-order valence-electron chi connectivity index (χ1n) is 8.69. The maximum absolute atomic E-state index is 12.9. The Kier molecular flexibility index (Phi) is 4.36. The second kappa shape index (κ2) is 6.68. The number of hydrogen-bond acceptors (Lipinski definition) is 4. The summed E-state index contributed by atoms with van der Waals surface area (Å²) >= 11 is 1.47. The number of fused-ring (bicyclic) bond motifs is 3. The summed E-state index contributed by atoms with van der Waals surface area (Å²) in [5.74, 6) is 0.661. The molecule has 1 N–H and O–H groups in total. The number of nitrogens with zero attached hydrogens (tertiary/aromatic N) is 1. The van der Waals surface area contributed by atoms with Crippen molar-refractivity contribution in [1.29, 1.82) is 0 Å². The van der Waals surface area contributed by atoms with E-state index in [1.807, 2.05) is 55.5 Å². The van der Waals surface area contributed by atoms with Gasteiger partial charge in [0.05, 0.1) is 12.2 Å². The van der Waals surface area contributed by atoms with E-state index in [0.29, 0.717) is 26.0 Å². The van der Waals surface area contributed by atoms with Gasteiger partial charge in [-0.2, -0.15) is 0 Å². The SMILES string of the molecule is Cc1ccc(OCCNC(=O)C23CCC(=O)N2c2ccccc2S3)cc1. The number of amides is 2. The van der Waals surface area contributed by atoms with Crippen molar-refractivity contribution < 1.29 is 14.3 Å². The van der Waals surface area contributed by atoms with Crippen LogP contribution in [0.5, 0.6) is 5.75 Å². The van der Waals surface area contributed by atoms with Gasteiger partial charge < -0.3 is 10.1 Å². The Hall–Kier alpha value is -2.47. The van der Waals surface area contributed by atoms with Crippen LogP contribution in [0.2, 0.25) is 0 Å². The van der Waals surface area contributed by atoms with Gasteiger partial charge in [-0.25, -0.2) is 0 Å². The van der Waals surface area contributed by atoms with E-state index in [9.17, 15) is 9.59 Å². The number of carbonyl (C=O) groups is 2. The van der Waals surface area contributed by atoms with E-state index < -0.39 is 4.87 Å². The average molecular weight is 368 g/mol. The highest BCUT2D eigenvalue weighted by Crippen LogP contribution is 2.55. The van der Waals surface area contributed by atoms with Crippen LogP contribution in [0.4, 0.5) is 5.69 Å². The molecule has 0 radical (unpaired) electrons. The molecule has 5 nitrogen and oxygen atoms in total. The van der Waals surface area contributed by atoms with E-state index in [-0.39, 0.29) is 11.8 Å². The zero-order valence-electron chi connectivity index (χ0n) is 14.5. The summed E-state index contributed by atoms with van der Waals surface area (Å²) < 4.78 is 5.66. The average Bonchev–Trinajstić information content (AvgIpc) is 3.16. The summed E-state index contributed by atoms with van der Waals surface area (Å²) in [6, 6.07) is 15.5. The first-order chi connectivity index (χ1) is 12.6. The Labute approximate surface area is 156 Å². The number of thioether (sulfide) groups is 1. The summed E-state index contributed by atoms with van der Waals surface area (Å²) in [5, 5.41) is 2.95. The second-order valence-corrected chi connectivity index (χ2v) is 7.82. The van der Waals surface area contributed by atoms with Crippen molar-refractivity contribution in [3.8, 4) is 5.75 Å². The van der Waals surface area contributed by atoms with Crippen LogP contribution in [-0.4, -0.2) is 29.8 Å². The number of anilines is 1. The van der Waals surface area contributed by atoms with Gasteiger partial charge in [0.1, 0.15) is 12.4 Å². The third-order valence-corrected chi connectivity index (χ3v) is 6.18. The van der Waals surface area contributed by atoms with E-state index >= 15 is 0 Å². The minimum absolute atomic E-state index is 0.00788. The van der Waals surface area contributed by atoms with E-state index in [1.165, 1.54) is 17.3 Å². The summed E-state index contributed by atoms with van der Waals surface area (Å²) in [4.78, 5) is 27.1. The van der Waals surface area contributed by atoms with Crippen molar-refractivity contribution in [2.24, 2.45) is 0 Å². The molecule has 0 aromatic heterocycles. The van der Waals surface area contributed by atoms with E-state index in [4.69, 9.17) is 4.74 Å². The molecular weight excluding hydrogens is 348 g/mol. The van der Waals surface area contributed by atoms with E-state index in [0.717, 1.165) is 16.3 Å². The lowest BCUT2D eigenvalue weighted by molar-refractivity contribution is -0.124. The lowest BCUT2D eigenvalue weighted by Gasteiger charge is -2.29. The largest absolute Gasteiger partial charge is 0.492 e. The van der Waals surface area contributed by atoms with Crippen LogP contribution in [0.15, 0.2) is 53.4 Å². The fourth-order valence-electron chi connectivity index (χ4n) is 3.40. The first-order valence-corrected chi connectivity index (χ1v) is 9.51. The molecular formula is C20H20N2O3S. The standard InChI is InChI=1S/C20H20N2O3S/c1-14-6-8-15(9-7-14)25-13-12-21-19(24)20-11-10-18(23)22(20)16-4-2-3-5-17(16)26-20/h2-9H,10-13H2,1H3,(H,21,24). The second-order valence-electron chi connectivity index (χ2n) is 6.50. The Morgan fingerprint density at radius 1 is 1.23 bits per heavy atom. The van der Waals surface area contributed by atoms with Crippen molar-refractivity contribution in [1.82, 2.24) is 5.32 Å². The molecule has 2 aromatic rings. The minimum Gasteiger partial charge on any atom is -0.492 e. The molecule has 2 aliphatic heterocycles. The van der Waals surface area contributed by atoms with E-state index in [2.05, 4.69) is 5.32 Å². The Bertz CT molecular complexity index is 852. The summed E-state index contributed by atoms with van der Waals surface area (Å²) in [5.41, 5.74) is 2.01. The lowest BCUT2D eigenvalue weighted by atomic mass is 10.2. The van der Waals surface area contributed by atoms with Gasteiger partial charge in [0, 0.05) is 11.3 Å². The first kappa shape index (κ1) is 17.0. The van der Waals surface area contributed by atoms with Gasteiger partial charge in [0.15, 0.2) is 4.87 Å². The fourth-order valence-corrected chi connectivity index (χ4v) is 4.84. The molecule has 2 heterocycles. The van der Waals surface area contributed by atoms with Crippen molar-refractivity contribution in [3.05, 3.63) is 54.1 Å². The number of aryl methyl sites for hydroxylation is 1. The van der Waals surface area contributed by atoms with Crippen LogP contribution >= 0.6 is 11.8 Å². The number of benzene rings is 2. The molecule has 134 valence electrons. The maximum atomic E-state index is 12.9. The predicted molar refractivity (Wildman–Crippen MR) is 101 cm³/mol. The minimum atomic E-state index is -0.857. The molecule has 2 aromatic carbocycles. The molecule has 0 aliphatic carbocycles. The predicted octanol–water partition coefficient (Wildman–Crippen LogP) is 3.12. The molecule has 2 aliphatic rings. The third-order valence-electron chi connectivity index (χ3n) is 4.71. The van der Waals surface area contributed by atoms with Crippen LogP contribution in [0.3, 0.4) is 0 Å². The van der Waals surface area contributed by atoms with Crippen molar-refractivity contribution in [3.63, 3.8) is 0 Å². The molecule has 0 spiro atoms. The number of para-hydroxylation sites is 1. The number of rotatable bonds is 5. The van der Waals surface area contributed by atoms with E-state index in [1.54, 1.807) is 4.90 Å². The molecule has 1 saturated heterocycles. The smallest absolute Gasteiger partial charge is 0.257 e. The number of carbonyl (C=O) groups excluding carboxylic acids is 2. The summed E-state index contributed by atoms with van der Waals surface area (Å²) in [7, 11) is 0. The highest BCUT2D eigenvalue weighted by atomic mass is 32.2. The van der Waals surface area contributed by atoms with Crippen molar-refractivity contribution >= 4 is 29.3 Å². The number of hydrogen-bond donors (Lipinski definition) is 1. The van der Waals surface area contributed by atoms with Crippen LogP contribution in [0.25, 0.3) is 0 Å². The van der Waals surface area contributed by atoms with Gasteiger partial charge in [0.2, 0.25) is 5.91 Å². The Balaban J connectivity index is 1.40. The third kappa shape index (κ3) is 2.84. The zero-order chi connectivity index (χ0) is 18.1. The van der Waals surface area contributed by atoms with Crippen LogP contribution < -0.4 is 15.0 Å². The number of ether oxygens (including phenoxy) is 1. The quantitative estimate of drug-likeness (QED) is 0.824. The molecule has 6 heteroatoms. The molecule has 26 heavy (non-hydrogen) atoms. The zero-order valence-corrected chi connectivity index (χ0v) is 15.3. The van der Waals surface area contributed by atoms with Gasteiger partial charge in [-0.1, -0.05) is 41.6 Å². The normalized spacial score (nSPS) is 20.7. The van der Waals surface area contributed by atoms with Gasteiger partial charge in [0.25, 0.3) is 5.91 Å². The number of nitrogens with one attached hydrogen (secondary N) is 1. The van der Waals surface area contributed by atoms with Gasteiger partial charge in [-0.3, -0.25) is 14.5 Å². The molecule has 2 amide bonds. The molecule has 1 fully saturated rings. The van der Waals surface area contributed by atoms with Crippen LogP contribution in [0, 0.1) is 6.92 Å². The van der Waals surface area contributed by atoms with Gasteiger partial charge in [-0.15, -0.1) is 0 Å². The monoisotopic (exact) mass is 368 g/mol. The highest BCUT2D eigenvalue weighted by molar-refractivity contribution is 8.02. The Morgan fingerprint density at radius 2 is 2.00 bits per heavy atom. The van der Waals surface area contributed by atoms with Gasteiger partial charge in [-0.05, 0) is 37.6 Å². The summed E-state index contributed by atoms with van der Waals surface area (Å²) in [6.45, 7) is 2.80. The van der Waals surface area contributed by atoms with Crippen LogP contribution in [-0.2, 0) is 9.59 Å². The van der Waals surface area contributed by atoms with Crippen LogP contribution in [0.1, 0.15) is 18.4 Å². The maximum Gasteiger partial charge on any atom is 0.257 e. The molecule has 0 bridgehead atoms. The molecule has 1 atom stereocenters. The fraction of sp³-hybridized carbons (Fsp3) is 0.300. The highest BCUT2D eigenvalue weighted by Gasteiger charge is 2.57. The van der Waals surface area contributed by atoms with Crippen molar-refractivity contribution in [2.75, 3.05) is 18.1 Å². The summed E-state index contributed by atoms with van der Waals surface area (Å²) in [6.07, 6.45) is 0.921.